The van der Waals surface area contributed by atoms with Crippen LogP contribution >= 0.6 is 12.4 Å². The van der Waals surface area contributed by atoms with E-state index in [1.54, 1.807) is 24.3 Å². The molecule has 0 saturated carbocycles. The van der Waals surface area contributed by atoms with Crippen LogP contribution < -0.4 is 5.32 Å². The van der Waals surface area contributed by atoms with E-state index in [1.165, 1.54) is 17.7 Å². The van der Waals surface area contributed by atoms with Gasteiger partial charge in [0.05, 0.1) is 11.1 Å². The summed E-state index contributed by atoms with van der Waals surface area (Å²) in [4.78, 5) is 28.4. The molecule has 2 aliphatic rings. The number of hydrogen-bond donors (Lipinski definition) is 1. The first kappa shape index (κ1) is 17.9. The molecule has 1 aromatic carbocycles. The largest absolute Gasteiger partial charge is 0.319 e. The number of carbonyl (C=O) groups is 2. The molecule has 5 nitrogen and oxygen atoms in total. The van der Waals surface area contributed by atoms with E-state index in [2.05, 4.69) is 10.2 Å². The lowest BCUT2D eigenvalue weighted by Gasteiger charge is -2.33. The average Bonchev–Trinajstić information content (AvgIpc) is 2.78. The number of amides is 2. The third-order valence-electron chi connectivity index (χ3n) is 4.61. The van der Waals surface area contributed by atoms with Crippen molar-refractivity contribution in [2.45, 2.75) is 12.8 Å². The average molecular weight is 338 g/mol. The predicted octanol–water partition coefficient (Wildman–Crippen LogP) is 1.64. The maximum absolute atomic E-state index is 12.3. The minimum Gasteiger partial charge on any atom is -0.319 e. The van der Waals surface area contributed by atoms with E-state index in [-0.39, 0.29) is 24.2 Å². The van der Waals surface area contributed by atoms with Crippen molar-refractivity contribution in [2.75, 3.05) is 39.8 Å². The molecule has 3 rings (SSSR count). The number of carbonyl (C=O) groups excluding carboxylic acids is 2. The molecule has 0 spiro atoms. The summed E-state index contributed by atoms with van der Waals surface area (Å²) >= 11 is 0. The SMILES string of the molecule is CNCC1CCCN(CCN2C(=O)c3ccccc3C2=O)C1.Cl. The van der Waals surface area contributed by atoms with Gasteiger partial charge in [0.1, 0.15) is 0 Å². The fraction of sp³-hybridized carbons (Fsp3) is 0.529. The Balaban J connectivity index is 0.00000192. The Labute approximate surface area is 143 Å². The molecule has 0 aliphatic carbocycles. The summed E-state index contributed by atoms with van der Waals surface area (Å²) in [5.74, 6) is 0.370. The maximum Gasteiger partial charge on any atom is 0.261 e. The number of nitrogens with zero attached hydrogens (tertiary/aromatic N) is 2. The number of imide groups is 1. The van der Waals surface area contributed by atoms with E-state index >= 15 is 0 Å². The highest BCUT2D eigenvalue weighted by molar-refractivity contribution is 6.21. The molecule has 126 valence electrons. The minimum atomic E-state index is -0.149. The van der Waals surface area contributed by atoms with Gasteiger partial charge in [0.25, 0.3) is 11.8 Å². The molecule has 1 atom stereocenters. The topological polar surface area (TPSA) is 52.6 Å². The van der Waals surface area contributed by atoms with E-state index < -0.39 is 0 Å². The molecule has 0 radical (unpaired) electrons. The molecule has 1 unspecified atom stereocenters. The van der Waals surface area contributed by atoms with Crippen LogP contribution in [0, 0.1) is 5.92 Å². The first-order valence-corrected chi connectivity index (χ1v) is 8.03. The molecule has 0 aromatic heterocycles. The van der Waals surface area contributed by atoms with Gasteiger partial charge in [-0.25, -0.2) is 0 Å². The minimum absolute atomic E-state index is 0. The lowest BCUT2D eigenvalue weighted by Crippen LogP contribution is -2.44. The second-order valence-electron chi connectivity index (χ2n) is 6.17. The van der Waals surface area contributed by atoms with Crippen LogP contribution in [0.15, 0.2) is 24.3 Å². The second-order valence-corrected chi connectivity index (χ2v) is 6.17. The zero-order chi connectivity index (χ0) is 15.5. The Hall–Kier alpha value is -1.43. The number of piperidine rings is 1. The summed E-state index contributed by atoms with van der Waals surface area (Å²) < 4.78 is 0. The summed E-state index contributed by atoms with van der Waals surface area (Å²) in [6.45, 7) is 4.39. The summed E-state index contributed by atoms with van der Waals surface area (Å²) in [5.41, 5.74) is 1.08. The number of hydrogen-bond acceptors (Lipinski definition) is 4. The van der Waals surface area contributed by atoms with E-state index in [0.29, 0.717) is 23.6 Å². The van der Waals surface area contributed by atoms with Crippen molar-refractivity contribution in [3.05, 3.63) is 35.4 Å². The first-order valence-electron chi connectivity index (χ1n) is 8.03. The van der Waals surface area contributed by atoms with Crippen LogP contribution in [-0.4, -0.2) is 61.4 Å². The van der Waals surface area contributed by atoms with Gasteiger partial charge in [0.2, 0.25) is 0 Å². The van der Waals surface area contributed by atoms with Crippen molar-refractivity contribution in [3.63, 3.8) is 0 Å². The number of rotatable bonds is 5. The van der Waals surface area contributed by atoms with Gasteiger partial charge in [0.15, 0.2) is 0 Å². The highest BCUT2D eigenvalue weighted by atomic mass is 35.5. The van der Waals surface area contributed by atoms with Gasteiger partial charge in [-0.15, -0.1) is 12.4 Å². The van der Waals surface area contributed by atoms with Crippen LogP contribution in [0.2, 0.25) is 0 Å². The normalized spacial score (nSPS) is 21.3. The Morgan fingerprint density at radius 1 is 1.13 bits per heavy atom. The molecule has 23 heavy (non-hydrogen) atoms. The molecule has 6 heteroatoms. The van der Waals surface area contributed by atoms with E-state index in [4.69, 9.17) is 0 Å². The molecule has 2 aliphatic heterocycles. The van der Waals surface area contributed by atoms with E-state index in [1.807, 2.05) is 7.05 Å². The fourth-order valence-electron chi connectivity index (χ4n) is 3.49. The molecular formula is C17H24ClN3O2. The lowest BCUT2D eigenvalue weighted by molar-refractivity contribution is 0.0623. The summed E-state index contributed by atoms with van der Waals surface area (Å²) in [6, 6.07) is 7.08. The number of likely N-dealkylation sites (tertiary alicyclic amines) is 1. The van der Waals surface area contributed by atoms with Gasteiger partial charge in [-0.3, -0.25) is 14.5 Å². The Morgan fingerprint density at radius 2 is 1.78 bits per heavy atom. The zero-order valence-electron chi connectivity index (χ0n) is 13.5. The summed E-state index contributed by atoms with van der Waals surface area (Å²) in [6.07, 6.45) is 2.44. The molecular weight excluding hydrogens is 314 g/mol. The van der Waals surface area contributed by atoms with Gasteiger partial charge in [0, 0.05) is 19.6 Å². The van der Waals surface area contributed by atoms with Gasteiger partial charge < -0.3 is 10.2 Å². The van der Waals surface area contributed by atoms with Crippen molar-refractivity contribution in [1.82, 2.24) is 15.1 Å². The quantitative estimate of drug-likeness (QED) is 0.830. The van der Waals surface area contributed by atoms with Crippen molar-refractivity contribution < 1.29 is 9.59 Å². The van der Waals surface area contributed by atoms with Gasteiger partial charge in [-0.2, -0.15) is 0 Å². The van der Waals surface area contributed by atoms with Crippen LogP contribution in [0.3, 0.4) is 0 Å². The number of benzene rings is 1. The maximum atomic E-state index is 12.3. The van der Waals surface area contributed by atoms with Gasteiger partial charge in [-0.1, -0.05) is 12.1 Å². The first-order chi connectivity index (χ1) is 10.7. The van der Waals surface area contributed by atoms with Crippen molar-refractivity contribution in [1.29, 1.82) is 0 Å². The fourth-order valence-corrected chi connectivity index (χ4v) is 3.49. The van der Waals surface area contributed by atoms with Crippen LogP contribution in [0.1, 0.15) is 33.6 Å². The zero-order valence-corrected chi connectivity index (χ0v) is 14.3. The highest BCUT2D eigenvalue weighted by Gasteiger charge is 2.35. The number of nitrogens with one attached hydrogen (secondary N) is 1. The number of fused-ring (bicyclic) bond motifs is 1. The molecule has 1 aromatic rings. The van der Waals surface area contributed by atoms with Crippen LogP contribution in [0.25, 0.3) is 0 Å². The van der Waals surface area contributed by atoms with Crippen molar-refractivity contribution >= 4 is 24.2 Å². The van der Waals surface area contributed by atoms with E-state index in [9.17, 15) is 9.59 Å². The van der Waals surface area contributed by atoms with Crippen molar-refractivity contribution in [2.24, 2.45) is 5.92 Å². The molecule has 2 amide bonds. The monoisotopic (exact) mass is 337 g/mol. The molecule has 1 N–H and O–H groups in total. The summed E-state index contributed by atoms with van der Waals surface area (Å²) in [7, 11) is 1.98. The Bertz CT molecular complexity index is 542. The number of halogens is 1. The third kappa shape index (κ3) is 3.74. The van der Waals surface area contributed by atoms with Gasteiger partial charge in [-0.05, 0) is 51.0 Å². The third-order valence-corrected chi connectivity index (χ3v) is 4.61. The van der Waals surface area contributed by atoms with E-state index in [0.717, 1.165) is 26.2 Å². The summed E-state index contributed by atoms with van der Waals surface area (Å²) in [5, 5.41) is 3.24. The second kappa shape index (κ2) is 7.90. The molecule has 1 fully saturated rings. The molecule has 1 saturated heterocycles. The Morgan fingerprint density at radius 3 is 2.39 bits per heavy atom. The van der Waals surface area contributed by atoms with Gasteiger partial charge >= 0.3 is 0 Å². The predicted molar refractivity (Wildman–Crippen MR) is 92.1 cm³/mol. The van der Waals surface area contributed by atoms with Crippen LogP contribution in [0.4, 0.5) is 0 Å². The molecule has 2 heterocycles. The smallest absolute Gasteiger partial charge is 0.261 e. The van der Waals surface area contributed by atoms with Crippen molar-refractivity contribution in [3.8, 4) is 0 Å². The molecule has 0 bridgehead atoms. The Kier molecular flexibility index (Phi) is 6.16. The lowest BCUT2D eigenvalue weighted by atomic mass is 9.98. The van der Waals surface area contributed by atoms with Crippen LogP contribution in [0.5, 0.6) is 0 Å². The standard InChI is InChI=1S/C17H23N3O2.ClH/c1-18-11-13-5-4-8-19(12-13)9-10-20-16(21)14-6-2-3-7-15(14)17(20)22;/h2-3,6-7,13,18H,4-5,8-12H2,1H3;1H. The highest BCUT2D eigenvalue weighted by Crippen LogP contribution is 2.22. The van der Waals surface area contributed by atoms with Crippen LogP contribution in [-0.2, 0) is 0 Å².